The standard InChI is InChI=1S/C12H13ClN4O/c1-2-5-15-11-9(13)12(18)17-10(16-11)8-3-6-14-7-4-8/h3-4,6-7H,2,5H2,1H3,(H2,15,16,17,18). The molecule has 5 nitrogen and oxygen atoms in total. The van der Waals surface area contributed by atoms with Gasteiger partial charge in [-0.1, -0.05) is 18.5 Å². The SMILES string of the molecule is CCCNc1nc(-c2ccncc2)[nH]c(=O)c1Cl. The van der Waals surface area contributed by atoms with Gasteiger partial charge >= 0.3 is 0 Å². The molecule has 2 aromatic heterocycles. The number of nitrogens with one attached hydrogen (secondary N) is 2. The van der Waals surface area contributed by atoms with Gasteiger partial charge in [0.25, 0.3) is 5.56 Å². The predicted octanol–water partition coefficient (Wildman–Crippen LogP) is 2.31. The number of rotatable bonds is 4. The van der Waals surface area contributed by atoms with Crippen molar-refractivity contribution in [1.82, 2.24) is 15.0 Å². The molecule has 0 aliphatic rings. The maximum atomic E-state index is 11.7. The Morgan fingerprint density at radius 3 is 2.78 bits per heavy atom. The topological polar surface area (TPSA) is 70.7 Å². The smallest absolute Gasteiger partial charge is 0.272 e. The lowest BCUT2D eigenvalue weighted by molar-refractivity contribution is 0.963. The molecule has 0 amide bonds. The lowest BCUT2D eigenvalue weighted by Gasteiger charge is -2.08. The summed E-state index contributed by atoms with van der Waals surface area (Å²) in [5, 5.41) is 3.12. The molecule has 2 aromatic rings. The summed E-state index contributed by atoms with van der Waals surface area (Å²) in [4.78, 5) is 22.6. The van der Waals surface area contributed by atoms with Gasteiger partial charge in [-0.15, -0.1) is 0 Å². The van der Waals surface area contributed by atoms with Crippen LogP contribution in [0.15, 0.2) is 29.3 Å². The Balaban J connectivity index is 2.44. The number of hydrogen-bond donors (Lipinski definition) is 2. The van der Waals surface area contributed by atoms with Crippen LogP contribution in [0.25, 0.3) is 11.4 Å². The van der Waals surface area contributed by atoms with Crippen molar-refractivity contribution in [3.63, 3.8) is 0 Å². The van der Waals surface area contributed by atoms with Gasteiger partial charge in [-0.3, -0.25) is 9.78 Å². The van der Waals surface area contributed by atoms with Gasteiger partial charge in [0.15, 0.2) is 5.82 Å². The number of anilines is 1. The van der Waals surface area contributed by atoms with Crippen LogP contribution >= 0.6 is 11.6 Å². The zero-order chi connectivity index (χ0) is 13.0. The van der Waals surface area contributed by atoms with E-state index < -0.39 is 0 Å². The fourth-order valence-corrected chi connectivity index (χ4v) is 1.62. The van der Waals surface area contributed by atoms with Gasteiger partial charge in [-0.25, -0.2) is 4.98 Å². The first-order chi connectivity index (χ1) is 8.72. The van der Waals surface area contributed by atoms with E-state index in [2.05, 4.69) is 20.3 Å². The summed E-state index contributed by atoms with van der Waals surface area (Å²) in [5.74, 6) is 0.888. The minimum absolute atomic E-state index is 0.0845. The van der Waals surface area contributed by atoms with E-state index in [4.69, 9.17) is 11.6 Å². The number of nitrogens with zero attached hydrogens (tertiary/aromatic N) is 2. The van der Waals surface area contributed by atoms with Crippen molar-refractivity contribution < 1.29 is 0 Å². The third-order valence-corrected chi connectivity index (χ3v) is 2.71. The second-order valence-corrected chi connectivity index (χ2v) is 4.12. The van der Waals surface area contributed by atoms with Gasteiger partial charge in [-0.2, -0.15) is 0 Å². The first kappa shape index (κ1) is 12.6. The Morgan fingerprint density at radius 2 is 2.11 bits per heavy atom. The summed E-state index contributed by atoms with van der Waals surface area (Å²) in [5.41, 5.74) is 0.440. The molecule has 0 aliphatic heterocycles. The van der Waals surface area contributed by atoms with Crippen LogP contribution in [-0.2, 0) is 0 Å². The summed E-state index contributed by atoms with van der Waals surface area (Å²) in [7, 11) is 0. The highest BCUT2D eigenvalue weighted by Crippen LogP contribution is 2.19. The van der Waals surface area contributed by atoms with Crippen LogP contribution in [0, 0.1) is 0 Å². The highest BCUT2D eigenvalue weighted by molar-refractivity contribution is 6.32. The maximum Gasteiger partial charge on any atom is 0.272 e. The fraction of sp³-hybridized carbons (Fsp3) is 0.250. The number of aromatic amines is 1. The van der Waals surface area contributed by atoms with Gasteiger partial charge in [0.1, 0.15) is 10.8 Å². The summed E-state index contributed by atoms with van der Waals surface area (Å²) < 4.78 is 0. The van der Waals surface area contributed by atoms with Gasteiger partial charge in [-0.05, 0) is 18.6 Å². The Labute approximate surface area is 109 Å². The molecule has 0 saturated heterocycles. The van der Waals surface area contributed by atoms with Crippen LogP contribution in [-0.4, -0.2) is 21.5 Å². The Hall–Kier alpha value is -1.88. The molecule has 0 spiro atoms. The van der Waals surface area contributed by atoms with Gasteiger partial charge in [0.2, 0.25) is 0 Å². The number of halogens is 1. The van der Waals surface area contributed by atoms with E-state index in [0.717, 1.165) is 12.0 Å². The summed E-state index contributed by atoms with van der Waals surface area (Å²) >= 11 is 5.91. The molecule has 94 valence electrons. The molecule has 0 aromatic carbocycles. The van der Waals surface area contributed by atoms with Crippen LogP contribution in [0.3, 0.4) is 0 Å². The molecule has 6 heteroatoms. The molecule has 0 saturated carbocycles. The molecular weight excluding hydrogens is 252 g/mol. The molecular formula is C12H13ClN4O. The van der Waals surface area contributed by atoms with Crippen molar-refractivity contribution in [2.75, 3.05) is 11.9 Å². The summed E-state index contributed by atoms with van der Waals surface area (Å²) in [6.07, 6.45) is 4.21. The van der Waals surface area contributed by atoms with Crippen molar-refractivity contribution in [2.24, 2.45) is 0 Å². The molecule has 0 unspecified atom stereocenters. The molecule has 0 atom stereocenters. The third-order valence-electron chi connectivity index (χ3n) is 2.36. The zero-order valence-electron chi connectivity index (χ0n) is 9.90. The molecule has 2 rings (SSSR count). The van der Waals surface area contributed by atoms with Crippen LogP contribution in [0.5, 0.6) is 0 Å². The normalized spacial score (nSPS) is 10.3. The van der Waals surface area contributed by atoms with E-state index in [9.17, 15) is 4.79 Å². The minimum Gasteiger partial charge on any atom is -0.369 e. The molecule has 0 aliphatic carbocycles. The summed E-state index contributed by atoms with van der Waals surface area (Å²) in [6.45, 7) is 2.74. The van der Waals surface area contributed by atoms with E-state index in [1.165, 1.54) is 0 Å². The Morgan fingerprint density at radius 1 is 1.39 bits per heavy atom. The minimum atomic E-state index is -0.350. The van der Waals surface area contributed by atoms with E-state index >= 15 is 0 Å². The third kappa shape index (κ3) is 2.68. The molecule has 18 heavy (non-hydrogen) atoms. The van der Waals surface area contributed by atoms with E-state index in [-0.39, 0.29) is 10.6 Å². The average Bonchev–Trinajstić information content (AvgIpc) is 2.41. The Bertz CT molecular complexity index is 582. The highest BCUT2D eigenvalue weighted by Gasteiger charge is 2.09. The highest BCUT2D eigenvalue weighted by atomic mass is 35.5. The van der Waals surface area contributed by atoms with Crippen molar-refractivity contribution in [3.05, 3.63) is 39.9 Å². The fourth-order valence-electron chi connectivity index (χ4n) is 1.47. The Kier molecular flexibility index (Phi) is 3.94. The van der Waals surface area contributed by atoms with Crippen molar-refractivity contribution in [3.8, 4) is 11.4 Å². The molecule has 0 radical (unpaired) electrons. The first-order valence-electron chi connectivity index (χ1n) is 5.66. The first-order valence-corrected chi connectivity index (χ1v) is 6.04. The lowest BCUT2D eigenvalue weighted by Crippen LogP contribution is -2.14. The second-order valence-electron chi connectivity index (χ2n) is 3.74. The average molecular weight is 265 g/mol. The van der Waals surface area contributed by atoms with Crippen LogP contribution in [0.2, 0.25) is 5.02 Å². The largest absolute Gasteiger partial charge is 0.369 e. The lowest BCUT2D eigenvalue weighted by atomic mass is 10.2. The molecule has 2 heterocycles. The van der Waals surface area contributed by atoms with Crippen molar-refractivity contribution in [2.45, 2.75) is 13.3 Å². The van der Waals surface area contributed by atoms with Gasteiger partial charge < -0.3 is 10.3 Å². The van der Waals surface area contributed by atoms with E-state index in [1.54, 1.807) is 24.5 Å². The van der Waals surface area contributed by atoms with Gasteiger partial charge in [0.05, 0.1) is 0 Å². The monoisotopic (exact) mass is 264 g/mol. The van der Waals surface area contributed by atoms with E-state index in [1.807, 2.05) is 6.92 Å². The van der Waals surface area contributed by atoms with Crippen molar-refractivity contribution >= 4 is 17.4 Å². The second kappa shape index (κ2) is 5.64. The molecule has 2 N–H and O–H groups in total. The molecule has 0 fully saturated rings. The van der Waals surface area contributed by atoms with Gasteiger partial charge in [0, 0.05) is 24.5 Å². The maximum absolute atomic E-state index is 11.7. The van der Waals surface area contributed by atoms with E-state index in [0.29, 0.717) is 18.2 Å². The summed E-state index contributed by atoms with van der Waals surface area (Å²) in [6, 6.07) is 3.55. The molecule has 0 bridgehead atoms. The van der Waals surface area contributed by atoms with Crippen molar-refractivity contribution in [1.29, 1.82) is 0 Å². The van der Waals surface area contributed by atoms with Crippen LogP contribution in [0.4, 0.5) is 5.82 Å². The number of hydrogen-bond acceptors (Lipinski definition) is 4. The number of aromatic nitrogens is 3. The zero-order valence-corrected chi connectivity index (χ0v) is 10.7. The van der Waals surface area contributed by atoms with Crippen LogP contribution < -0.4 is 10.9 Å². The number of pyridine rings is 1. The number of H-pyrrole nitrogens is 1. The van der Waals surface area contributed by atoms with Crippen LogP contribution in [0.1, 0.15) is 13.3 Å². The predicted molar refractivity (Wildman–Crippen MR) is 71.9 cm³/mol. The quantitative estimate of drug-likeness (QED) is 0.889.